The summed E-state index contributed by atoms with van der Waals surface area (Å²) in [6.45, 7) is 4.75. The Morgan fingerprint density at radius 3 is 2.87 bits per heavy atom. The van der Waals surface area contributed by atoms with Gasteiger partial charge in [-0.1, -0.05) is 25.5 Å². The first-order valence-corrected chi connectivity index (χ1v) is 9.53. The molecule has 0 spiro atoms. The van der Waals surface area contributed by atoms with Crippen molar-refractivity contribution in [2.75, 3.05) is 0 Å². The molecular formula is C20H28O3. The minimum Gasteiger partial charge on any atom is -0.481 e. The number of ether oxygens (including phenoxy) is 1. The van der Waals surface area contributed by atoms with Crippen LogP contribution < -0.4 is 0 Å². The Kier molecular flexibility index (Phi) is 2.78. The Hall–Kier alpha value is -0.830. The van der Waals surface area contributed by atoms with E-state index in [1.807, 2.05) is 0 Å². The monoisotopic (exact) mass is 316 g/mol. The minimum atomic E-state index is -0.578. The Balaban J connectivity index is 1.61. The SMILES string of the molecule is C[C@]12CC3OC4C=C5CC[C@H](C3[C@@]5(C)CC4)[C@@H]1CC[C@@H]2C(=O)O. The molecule has 4 bridgehead atoms. The van der Waals surface area contributed by atoms with E-state index in [0.717, 1.165) is 25.7 Å². The highest BCUT2D eigenvalue weighted by atomic mass is 16.5. The van der Waals surface area contributed by atoms with E-state index in [2.05, 4.69) is 19.9 Å². The van der Waals surface area contributed by atoms with Gasteiger partial charge in [0.05, 0.1) is 18.1 Å². The fourth-order valence-electron chi connectivity index (χ4n) is 7.65. The molecule has 3 saturated carbocycles. The Morgan fingerprint density at radius 2 is 2.09 bits per heavy atom. The lowest BCUT2D eigenvalue weighted by Crippen LogP contribution is -2.55. The van der Waals surface area contributed by atoms with Gasteiger partial charge < -0.3 is 9.84 Å². The Labute approximate surface area is 138 Å². The van der Waals surface area contributed by atoms with Crippen LogP contribution >= 0.6 is 0 Å². The van der Waals surface area contributed by atoms with Crippen molar-refractivity contribution in [1.29, 1.82) is 0 Å². The maximum atomic E-state index is 11.8. The van der Waals surface area contributed by atoms with E-state index < -0.39 is 5.97 Å². The van der Waals surface area contributed by atoms with Crippen molar-refractivity contribution in [3.05, 3.63) is 11.6 Å². The third kappa shape index (κ3) is 1.67. The first kappa shape index (κ1) is 14.5. The van der Waals surface area contributed by atoms with Crippen molar-refractivity contribution in [2.45, 2.75) is 71.0 Å². The average molecular weight is 316 g/mol. The molecule has 3 nitrogen and oxygen atoms in total. The van der Waals surface area contributed by atoms with Crippen molar-refractivity contribution >= 4 is 5.97 Å². The maximum Gasteiger partial charge on any atom is 0.307 e. The van der Waals surface area contributed by atoms with Gasteiger partial charge in [-0.3, -0.25) is 4.79 Å². The number of carboxylic acid groups (broad SMARTS) is 1. The van der Waals surface area contributed by atoms with Crippen molar-refractivity contribution in [3.8, 4) is 0 Å². The summed E-state index contributed by atoms with van der Waals surface area (Å²) >= 11 is 0. The lowest BCUT2D eigenvalue weighted by molar-refractivity contribution is -0.160. The van der Waals surface area contributed by atoms with Crippen LogP contribution in [0.2, 0.25) is 0 Å². The lowest BCUT2D eigenvalue weighted by Gasteiger charge is -2.58. The molecule has 0 amide bonds. The van der Waals surface area contributed by atoms with Gasteiger partial charge in [0.1, 0.15) is 0 Å². The van der Waals surface area contributed by atoms with Gasteiger partial charge in [-0.05, 0) is 73.5 Å². The van der Waals surface area contributed by atoms with Gasteiger partial charge in [0.25, 0.3) is 0 Å². The number of aliphatic carboxylic acids is 1. The molecule has 6 rings (SSSR count). The van der Waals surface area contributed by atoms with E-state index >= 15 is 0 Å². The van der Waals surface area contributed by atoms with Gasteiger partial charge in [0.2, 0.25) is 0 Å². The highest BCUT2D eigenvalue weighted by molar-refractivity contribution is 5.71. The largest absolute Gasteiger partial charge is 0.481 e. The summed E-state index contributed by atoms with van der Waals surface area (Å²) in [5, 5.41) is 9.75. The highest BCUT2D eigenvalue weighted by Crippen LogP contribution is 2.68. The van der Waals surface area contributed by atoms with Crippen LogP contribution in [-0.2, 0) is 9.53 Å². The third-order valence-corrected chi connectivity index (χ3v) is 8.63. The molecule has 2 heterocycles. The molecule has 3 unspecified atom stereocenters. The molecule has 0 aromatic heterocycles. The molecule has 1 N–H and O–H groups in total. The normalized spacial score (nSPS) is 56.7. The molecular weight excluding hydrogens is 288 g/mol. The van der Waals surface area contributed by atoms with Crippen LogP contribution in [0.1, 0.15) is 58.8 Å². The summed E-state index contributed by atoms with van der Waals surface area (Å²) in [6, 6.07) is 0. The Morgan fingerprint density at radius 1 is 1.26 bits per heavy atom. The van der Waals surface area contributed by atoms with Crippen molar-refractivity contribution in [2.24, 2.45) is 34.5 Å². The number of hydrogen-bond donors (Lipinski definition) is 1. The minimum absolute atomic E-state index is 0.0602. The van der Waals surface area contributed by atoms with Crippen LogP contribution in [0, 0.1) is 34.5 Å². The number of rotatable bonds is 1. The molecule has 8 atom stereocenters. The summed E-state index contributed by atoms with van der Waals surface area (Å²) in [7, 11) is 0. The van der Waals surface area contributed by atoms with Crippen molar-refractivity contribution in [1.82, 2.24) is 0 Å². The van der Waals surface area contributed by atoms with Crippen LogP contribution in [0.25, 0.3) is 0 Å². The topological polar surface area (TPSA) is 46.5 Å². The van der Waals surface area contributed by atoms with Gasteiger partial charge >= 0.3 is 5.97 Å². The second-order valence-electron chi connectivity index (χ2n) is 9.37. The van der Waals surface area contributed by atoms with Crippen LogP contribution in [0.3, 0.4) is 0 Å². The van der Waals surface area contributed by atoms with Gasteiger partial charge in [-0.15, -0.1) is 0 Å². The second kappa shape index (κ2) is 4.41. The number of fused-ring (bicyclic) bond motifs is 3. The number of allylic oxidation sites excluding steroid dienone is 1. The van der Waals surface area contributed by atoms with Crippen LogP contribution in [-0.4, -0.2) is 23.3 Å². The van der Waals surface area contributed by atoms with E-state index in [9.17, 15) is 9.90 Å². The first-order chi connectivity index (χ1) is 10.9. The molecule has 0 aromatic carbocycles. The fraction of sp³-hybridized carbons (Fsp3) is 0.850. The number of hydrogen-bond acceptors (Lipinski definition) is 2. The zero-order valence-corrected chi connectivity index (χ0v) is 14.3. The highest BCUT2D eigenvalue weighted by Gasteiger charge is 2.65. The molecule has 1 saturated heterocycles. The maximum absolute atomic E-state index is 11.8. The molecule has 0 radical (unpaired) electrons. The van der Waals surface area contributed by atoms with E-state index in [1.165, 1.54) is 19.3 Å². The second-order valence-corrected chi connectivity index (χ2v) is 9.37. The molecule has 4 fully saturated rings. The van der Waals surface area contributed by atoms with Crippen molar-refractivity contribution < 1.29 is 14.6 Å². The van der Waals surface area contributed by atoms with E-state index in [-0.39, 0.29) is 23.5 Å². The molecule has 3 heteroatoms. The average Bonchev–Trinajstić information content (AvgIpc) is 2.74. The van der Waals surface area contributed by atoms with E-state index in [4.69, 9.17) is 4.74 Å². The van der Waals surface area contributed by atoms with Crippen LogP contribution in [0.4, 0.5) is 0 Å². The molecule has 126 valence electrons. The Bertz CT molecular complexity index is 596. The zero-order chi connectivity index (χ0) is 16.0. The molecule has 23 heavy (non-hydrogen) atoms. The number of carboxylic acids is 1. The lowest BCUT2D eigenvalue weighted by atomic mass is 9.46. The summed E-state index contributed by atoms with van der Waals surface area (Å²) in [4.78, 5) is 11.8. The molecule has 4 aliphatic carbocycles. The predicted molar refractivity (Wildman–Crippen MR) is 86.9 cm³/mol. The quantitative estimate of drug-likeness (QED) is 0.743. The van der Waals surface area contributed by atoms with Gasteiger partial charge in [0, 0.05) is 0 Å². The smallest absolute Gasteiger partial charge is 0.307 e. The summed E-state index contributed by atoms with van der Waals surface area (Å²) in [5.41, 5.74) is 1.92. The van der Waals surface area contributed by atoms with E-state index in [0.29, 0.717) is 23.2 Å². The van der Waals surface area contributed by atoms with Gasteiger partial charge in [-0.2, -0.15) is 0 Å². The van der Waals surface area contributed by atoms with Gasteiger partial charge in [-0.25, -0.2) is 0 Å². The van der Waals surface area contributed by atoms with E-state index in [1.54, 1.807) is 5.57 Å². The first-order valence-electron chi connectivity index (χ1n) is 9.53. The van der Waals surface area contributed by atoms with Crippen molar-refractivity contribution in [3.63, 3.8) is 0 Å². The summed E-state index contributed by atoms with van der Waals surface area (Å²) in [6.07, 6.45) is 10.8. The fourth-order valence-corrected chi connectivity index (χ4v) is 7.65. The zero-order valence-electron chi connectivity index (χ0n) is 14.3. The number of carbonyl (C=O) groups is 1. The summed E-state index contributed by atoms with van der Waals surface area (Å²) < 4.78 is 6.58. The molecule has 6 aliphatic rings. The third-order valence-electron chi connectivity index (χ3n) is 8.63. The standard InChI is InChI=1S/C20H28O3/c1-19-8-7-12-9-11(19)3-4-13-14-5-6-15(18(21)22)20(14,2)10-16(23-12)17(13)19/h9,12-17H,3-8,10H2,1-2H3,(H,21,22)/t12?,13-,14-,15+,16?,17?,19-,20-/m0/s1. The molecule has 0 aromatic rings. The van der Waals surface area contributed by atoms with Crippen LogP contribution in [0.15, 0.2) is 11.6 Å². The summed E-state index contributed by atoms with van der Waals surface area (Å²) in [5.74, 6) is 1.14. The predicted octanol–water partition coefficient (Wildman–Crippen LogP) is 4.03. The molecule has 2 aliphatic heterocycles. The van der Waals surface area contributed by atoms with Crippen LogP contribution in [0.5, 0.6) is 0 Å². The van der Waals surface area contributed by atoms with Gasteiger partial charge in [0.15, 0.2) is 0 Å².